The van der Waals surface area contributed by atoms with Crippen LogP contribution in [0.5, 0.6) is 0 Å². The zero-order valence-electron chi connectivity index (χ0n) is 40.9. The lowest BCUT2D eigenvalue weighted by Gasteiger charge is -2.33. The third-order valence-electron chi connectivity index (χ3n) is 13.0. The largest absolute Gasteiger partial charge is 0.444 e. The van der Waals surface area contributed by atoms with Crippen molar-refractivity contribution in [3.05, 3.63) is 104 Å². The van der Waals surface area contributed by atoms with Crippen molar-refractivity contribution in [2.75, 3.05) is 39.3 Å². The van der Waals surface area contributed by atoms with E-state index in [1.165, 1.54) is 14.7 Å². The van der Waals surface area contributed by atoms with Gasteiger partial charge < -0.3 is 29.1 Å². The summed E-state index contributed by atoms with van der Waals surface area (Å²) in [6.45, 7) is 12.4. The second-order valence-electron chi connectivity index (χ2n) is 20.5. The van der Waals surface area contributed by atoms with Crippen molar-refractivity contribution >= 4 is 24.0 Å². The van der Waals surface area contributed by atoms with Gasteiger partial charge in [0.25, 0.3) is 11.8 Å². The van der Waals surface area contributed by atoms with Gasteiger partial charge in [0.2, 0.25) is 0 Å². The molecule has 14 nitrogen and oxygen atoms in total. The Balaban J connectivity index is 0.000000214. The first-order valence-electron chi connectivity index (χ1n) is 23.7. The zero-order valence-corrected chi connectivity index (χ0v) is 40.9. The van der Waals surface area contributed by atoms with Crippen LogP contribution < -0.4 is 0 Å². The Morgan fingerprint density at radius 3 is 1.52 bits per heavy atom. The van der Waals surface area contributed by atoms with Gasteiger partial charge in [-0.15, -0.1) is 0 Å². The third-order valence-corrected chi connectivity index (χ3v) is 13.0. The molecule has 2 aromatic heterocycles. The number of nitrogens with zero attached hydrogens (tertiary/aromatic N) is 6. The van der Waals surface area contributed by atoms with Gasteiger partial charge in [0.15, 0.2) is 11.4 Å². The number of aromatic amines is 2. The van der Waals surface area contributed by atoms with Gasteiger partial charge in [-0.25, -0.2) is 14.0 Å². The van der Waals surface area contributed by atoms with Gasteiger partial charge in [-0.3, -0.25) is 19.8 Å². The molecule has 0 unspecified atom stereocenters. The summed E-state index contributed by atoms with van der Waals surface area (Å²) >= 11 is 0. The second-order valence-corrected chi connectivity index (χ2v) is 20.5. The van der Waals surface area contributed by atoms with Crippen molar-refractivity contribution in [3.8, 4) is 0 Å². The first-order valence-corrected chi connectivity index (χ1v) is 23.7. The van der Waals surface area contributed by atoms with Crippen molar-refractivity contribution < 1.29 is 72.6 Å². The quantitative estimate of drug-likeness (QED) is 0.191. The summed E-state index contributed by atoms with van der Waals surface area (Å²) in [5, 5.41) is 14.0. The highest BCUT2D eigenvalue weighted by Gasteiger charge is 2.41. The Hall–Kier alpha value is -6.36. The molecule has 0 bridgehead atoms. The summed E-state index contributed by atoms with van der Waals surface area (Å²) in [7, 11) is 0. The molecular weight excluding hydrogens is 987 g/mol. The smallest absolute Gasteiger partial charge is 0.416 e. The SMILES string of the molecule is CC(C)(C)OC(=O)N1CCc2[nH]nc(C(=O)N3CCC(c4cc(C(F)(F)F)cc(C(F)(F)F)c4)CC3)c2C1.CC(C)(C)OC(=O)N1CCc2c(C(=O)N3CCC(c4c(F)cccc4C(F)(F)F)CC3)n[nH]c2C1. The molecule has 2 saturated heterocycles. The summed E-state index contributed by atoms with van der Waals surface area (Å²) in [6, 6.07) is 4.62. The van der Waals surface area contributed by atoms with Gasteiger partial charge in [0, 0.05) is 68.1 Å². The summed E-state index contributed by atoms with van der Waals surface area (Å²) in [5.74, 6) is -2.81. The molecule has 4 aliphatic heterocycles. The van der Waals surface area contributed by atoms with Gasteiger partial charge in [0.1, 0.15) is 17.0 Å². The van der Waals surface area contributed by atoms with Crippen molar-refractivity contribution in [1.82, 2.24) is 40.0 Å². The number of halogens is 10. The predicted octanol–water partition coefficient (Wildman–Crippen LogP) is 10.6. The number of H-pyrrole nitrogens is 2. The maximum absolute atomic E-state index is 14.4. The molecule has 0 aliphatic carbocycles. The van der Waals surface area contributed by atoms with Crippen LogP contribution in [0.4, 0.5) is 53.5 Å². The van der Waals surface area contributed by atoms with Crippen molar-refractivity contribution in [2.24, 2.45) is 0 Å². The highest BCUT2D eigenvalue weighted by atomic mass is 19.4. The van der Waals surface area contributed by atoms with Crippen LogP contribution in [0.25, 0.3) is 0 Å². The molecule has 24 heteroatoms. The van der Waals surface area contributed by atoms with E-state index >= 15 is 0 Å². The average molecular weight is 1040 g/mol. The number of fused-ring (bicyclic) bond motifs is 2. The van der Waals surface area contributed by atoms with E-state index < -0.39 is 82.2 Å². The topological polar surface area (TPSA) is 157 Å². The number of carbonyl (C=O) groups excluding carboxylic acids is 4. The molecule has 0 radical (unpaired) electrons. The highest BCUT2D eigenvalue weighted by molar-refractivity contribution is 5.95. The van der Waals surface area contributed by atoms with Gasteiger partial charge in [-0.2, -0.15) is 49.7 Å². The normalized spacial score (nSPS) is 17.4. The van der Waals surface area contributed by atoms with Gasteiger partial charge in [-0.05, 0) is 121 Å². The molecule has 0 saturated carbocycles. The Morgan fingerprint density at radius 1 is 0.562 bits per heavy atom. The molecule has 0 atom stereocenters. The maximum atomic E-state index is 14.4. The van der Waals surface area contributed by atoms with Crippen molar-refractivity contribution in [1.29, 1.82) is 0 Å². The number of nitrogens with one attached hydrogen (secondary N) is 2. The van der Waals surface area contributed by atoms with Gasteiger partial charge >= 0.3 is 30.7 Å². The minimum atomic E-state index is -4.92. The fourth-order valence-electron chi connectivity index (χ4n) is 9.43. The molecule has 4 amide bonds. The third kappa shape index (κ3) is 12.9. The highest BCUT2D eigenvalue weighted by Crippen LogP contribution is 2.42. The van der Waals surface area contributed by atoms with Crippen LogP contribution in [-0.4, -0.2) is 114 Å². The number of carbonyl (C=O) groups is 4. The Kier molecular flexibility index (Phi) is 15.3. The molecule has 4 aliphatic rings. The van der Waals surface area contributed by atoms with Crippen molar-refractivity contribution in [2.45, 2.75) is 135 Å². The molecule has 73 heavy (non-hydrogen) atoms. The number of hydrogen-bond acceptors (Lipinski definition) is 8. The average Bonchev–Trinajstić information content (AvgIpc) is 3.93. The van der Waals surface area contributed by atoms with E-state index in [0.717, 1.165) is 41.6 Å². The number of alkyl halides is 9. The lowest BCUT2D eigenvalue weighted by Crippen LogP contribution is -2.41. The number of rotatable bonds is 4. The van der Waals surface area contributed by atoms with E-state index in [0.29, 0.717) is 37.2 Å². The van der Waals surface area contributed by atoms with E-state index in [4.69, 9.17) is 9.47 Å². The molecular formula is C49H56F10N8O6. The van der Waals surface area contributed by atoms with E-state index in [-0.39, 0.29) is 99.4 Å². The predicted molar refractivity (Wildman–Crippen MR) is 241 cm³/mol. The van der Waals surface area contributed by atoms with Crippen LogP contribution in [0.2, 0.25) is 0 Å². The van der Waals surface area contributed by atoms with E-state index in [9.17, 15) is 63.1 Å². The minimum absolute atomic E-state index is 0.0515. The fourth-order valence-corrected chi connectivity index (χ4v) is 9.43. The van der Waals surface area contributed by atoms with Crippen LogP contribution in [0.15, 0.2) is 36.4 Å². The summed E-state index contributed by atoms with van der Waals surface area (Å²) in [6.07, 6.45) is -13.7. The number of hydrogen-bond donors (Lipinski definition) is 2. The Labute approximate surface area is 413 Å². The number of piperidine rings is 2. The van der Waals surface area contributed by atoms with Crippen LogP contribution in [0.1, 0.15) is 150 Å². The van der Waals surface area contributed by atoms with E-state index in [1.54, 1.807) is 46.4 Å². The molecule has 398 valence electrons. The van der Waals surface area contributed by atoms with Gasteiger partial charge in [-0.1, -0.05) is 6.07 Å². The van der Waals surface area contributed by atoms with Crippen molar-refractivity contribution in [3.63, 3.8) is 0 Å². The Morgan fingerprint density at radius 2 is 1.03 bits per heavy atom. The lowest BCUT2D eigenvalue weighted by molar-refractivity contribution is -0.143. The molecule has 0 spiro atoms. The molecule has 4 aromatic rings. The number of likely N-dealkylation sites (tertiary alicyclic amines) is 2. The zero-order chi connectivity index (χ0) is 53.6. The number of benzene rings is 2. The van der Waals surface area contributed by atoms with Crippen LogP contribution in [0.3, 0.4) is 0 Å². The van der Waals surface area contributed by atoms with E-state index in [2.05, 4.69) is 20.4 Å². The number of aromatic nitrogens is 4. The van der Waals surface area contributed by atoms with Gasteiger partial charge in [0.05, 0.1) is 35.5 Å². The Bertz CT molecular complexity index is 2650. The fraction of sp³-hybridized carbons (Fsp3) is 0.551. The lowest BCUT2D eigenvalue weighted by atomic mass is 9.85. The molecule has 6 heterocycles. The summed E-state index contributed by atoms with van der Waals surface area (Å²) in [5.41, 5.74) is -2.26. The summed E-state index contributed by atoms with van der Waals surface area (Å²) in [4.78, 5) is 57.3. The first kappa shape index (κ1) is 54.4. The molecule has 2 N–H and O–H groups in total. The van der Waals surface area contributed by atoms with E-state index in [1.807, 2.05) is 0 Å². The maximum Gasteiger partial charge on any atom is 0.416 e. The molecule has 2 aromatic carbocycles. The monoisotopic (exact) mass is 1040 g/mol. The molecule has 2 fully saturated rings. The number of ether oxygens (including phenoxy) is 2. The second kappa shape index (κ2) is 20.5. The summed E-state index contributed by atoms with van der Waals surface area (Å²) < 4.78 is 145. The molecule has 8 rings (SSSR count). The minimum Gasteiger partial charge on any atom is -0.444 e. The first-order chi connectivity index (χ1) is 33.9. The standard InChI is InChI=1S/C25H28F6N4O3.C24H28F4N4O3/c1-23(2,3)38-22(37)35-9-6-19-18(13-35)20(33-32-19)21(36)34-7-4-14(5-8-34)15-10-16(24(26,27)28)12-17(11-15)25(29,30)31;1-23(2,3)35-22(34)32-12-9-15-18(13-32)29-30-20(15)21(33)31-10-7-14(8-11-31)19-16(24(26,27)28)5-4-6-17(19)25/h10-12,14H,4-9,13H2,1-3H3,(H,32,33);4-6,14H,7-13H2,1-3H3,(H,29,30). The van der Waals surface area contributed by atoms with Crippen LogP contribution in [0, 0.1) is 5.82 Å². The number of amides is 4. The van der Waals surface area contributed by atoms with Crippen LogP contribution in [-0.2, 0) is 53.9 Å². The van der Waals surface area contributed by atoms with Crippen LogP contribution >= 0.6 is 0 Å².